The van der Waals surface area contributed by atoms with Gasteiger partial charge in [-0.15, -0.1) is 0 Å². The average Bonchev–Trinajstić information content (AvgIpc) is 1.88. The van der Waals surface area contributed by atoms with E-state index in [1.807, 2.05) is 0 Å². The summed E-state index contributed by atoms with van der Waals surface area (Å²) in [5.74, 6) is -1.10. The average molecular weight is 150 g/mol. The zero-order valence-electron chi connectivity index (χ0n) is 5.35. The minimum atomic E-state index is -2.43. The quantitative estimate of drug-likeness (QED) is 0.554. The van der Waals surface area contributed by atoms with Gasteiger partial charge in [-0.25, -0.2) is 8.78 Å². The number of ketones is 1. The Morgan fingerprint density at radius 2 is 2.30 bits per heavy atom. The smallest absolute Gasteiger partial charge is 0.244 e. The molecule has 0 amide bonds. The van der Waals surface area contributed by atoms with Crippen LogP contribution in [0.1, 0.15) is 6.42 Å². The predicted octanol–water partition coefficient (Wildman–Crippen LogP) is 0.857. The van der Waals surface area contributed by atoms with Gasteiger partial charge in [0.15, 0.2) is 5.78 Å². The van der Waals surface area contributed by atoms with Crippen LogP contribution in [0.2, 0.25) is 0 Å². The van der Waals surface area contributed by atoms with E-state index in [1.165, 1.54) is 0 Å². The topological polar surface area (TPSA) is 26.3 Å². The molecule has 0 saturated carbocycles. The second kappa shape index (κ2) is 3.05. The van der Waals surface area contributed by atoms with Gasteiger partial charge in [0.25, 0.3) is 0 Å². The molecule has 2 nitrogen and oxygen atoms in total. The number of hydrogen-bond acceptors (Lipinski definition) is 2. The van der Waals surface area contributed by atoms with E-state index in [0.717, 1.165) is 0 Å². The lowest BCUT2D eigenvalue weighted by molar-refractivity contribution is -0.134. The summed E-state index contributed by atoms with van der Waals surface area (Å²) in [6.07, 6.45) is -2.46. The maximum atomic E-state index is 11.9. The van der Waals surface area contributed by atoms with Crippen LogP contribution in [0, 0.1) is 5.92 Å². The van der Waals surface area contributed by atoms with Crippen molar-refractivity contribution in [1.29, 1.82) is 0 Å². The highest BCUT2D eigenvalue weighted by Gasteiger charge is 2.27. The molecule has 0 N–H and O–H groups in total. The van der Waals surface area contributed by atoms with Gasteiger partial charge in [-0.1, -0.05) is 0 Å². The van der Waals surface area contributed by atoms with E-state index in [2.05, 4.69) is 4.74 Å². The molecule has 58 valence electrons. The highest BCUT2D eigenvalue weighted by molar-refractivity contribution is 5.80. The largest absolute Gasteiger partial charge is 0.373 e. The molecule has 0 radical (unpaired) electrons. The van der Waals surface area contributed by atoms with Gasteiger partial charge in [0.2, 0.25) is 6.43 Å². The Labute approximate surface area is 57.2 Å². The number of Topliss-reactive ketones (excluding diaryl/α,β-unsaturated/α-hetero) is 1. The first kappa shape index (κ1) is 7.60. The lowest BCUT2D eigenvalue weighted by Crippen LogP contribution is -2.29. The molecule has 10 heavy (non-hydrogen) atoms. The first-order chi connectivity index (χ1) is 4.70. The third-order valence-corrected chi connectivity index (χ3v) is 1.44. The van der Waals surface area contributed by atoms with E-state index in [0.29, 0.717) is 0 Å². The lowest BCUT2D eigenvalue weighted by Gasteiger charge is -2.19. The van der Waals surface area contributed by atoms with E-state index >= 15 is 0 Å². The molecule has 1 fully saturated rings. The van der Waals surface area contributed by atoms with Crippen molar-refractivity contribution in [3.8, 4) is 0 Å². The third kappa shape index (κ3) is 1.73. The van der Waals surface area contributed by atoms with Gasteiger partial charge in [0, 0.05) is 6.42 Å². The van der Waals surface area contributed by atoms with E-state index in [9.17, 15) is 13.6 Å². The van der Waals surface area contributed by atoms with Gasteiger partial charge in [-0.05, 0) is 0 Å². The van der Waals surface area contributed by atoms with Crippen molar-refractivity contribution in [2.75, 3.05) is 13.2 Å². The number of carbonyl (C=O) groups excluding carboxylic acids is 1. The van der Waals surface area contributed by atoms with E-state index < -0.39 is 12.3 Å². The van der Waals surface area contributed by atoms with E-state index in [4.69, 9.17) is 0 Å². The zero-order chi connectivity index (χ0) is 7.56. The molecule has 1 rings (SSSR count). The van der Waals surface area contributed by atoms with Gasteiger partial charge in [0.05, 0.1) is 12.5 Å². The summed E-state index contributed by atoms with van der Waals surface area (Å²) in [5, 5.41) is 0. The van der Waals surface area contributed by atoms with Crippen molar-refractivity contribution in [3.05, 3.63) is 0 Å². The van der Waals surface area contributed by atoms with E-state index in [-0.39, 0.29) is 25.4 Å². The van der Waals surface area contributed by atoms with Crippen LogP contribution in [-0.2, 0) is 9.53 Å². The number of carbonyl (C=O) groups is 1. The Hall–Kier alpha value is -0.510. The van der Waals surface area contributed by atoms with Crippen LogP contribution in [-0.4, -0.2) is 25.4 Å². The monoisotopic (exact) mass is 150 g/mol. The molecule has 1 heterocycles. The van der Waals surface area contributed by atoms with Crippen LogP contribution < -0.4 is 0 Å². The summed E-state index contributed by atoms with van der Waals surface area (Å²) in [6.45, 7) is 0.0205. The zero-order valence-corrected chi connectivity index (χ0v) is 5.35. The fraction of sp³-hybridized carbons (Fsp3) is 0.833. The van der Waals surface area contributed by atoms with Crippen LogP contribution >= 0.6 is 0 Å². The van der Waals surface area contributed by atoms with Crippen LogP contribution in [0.5, 0.6) is 0 Å². The summed E-state index contributed by atoms with van der Waals surface area (Å²) in [5.41, 5.74) is 0. The van der Waals surface area contributed by atoms with Crippen molar-refractivity contribution in [2.24, 2.45) is 5.92 Å². The van der Waals surface area contributed by atoms with Gasteiger partial charge in [0.1, 0.15) is 6.61 Å². The first-order valence-corrected chi connectivity index (χ1v) is 3.07. The molecule has 1 aliphatic heterocycles. The molecule has 4 heteroatoms. The molecular weight excluding hydrogens is 142 g/mol. The van der Waals surface area contributed by atoms with Crippen LogP contribution in [0.4, 0.5) is 8.78 Å². The second-order valence-corrected chi connectivity index (χ2v) is 2.35. The summed E-state index contributed by atoms with van der Waals surface area (Å²) in [4.78, 5) is 10.5. The molecule has 0 spiro atoms. The molecule has 0 aromatic rings. The Balaban J connectivity index is 2.39. The fourth-order valence-corrected chi connectivity index (χ4v) is 0.896. The number of rotatable bonds is 1. The summed E-state index contributed by atoms with van der Waals surface area (Å²) < 4.78 is 28.3. The van der Waals surface area contributed by atoms with Gasteiger partial charge in [-0.2, -0.15) is 0 Å². The molecule has 0 unspecified atom stereocenters. The second-order valence-electron chi connectivity index (χ2n) is 2.35. The van der Waals surface area contributed by atoms with Crippen molar-refractivity contribution in [2.45, 2.75) is 12.8 Å². The number of halogens is 2. The van der Waals surface area contributed by atoms with Crippen molar-refractivity contribution < 1.29 is 18.3 Å². The fourth-order valence-electron chi connectivity index (χ4n) is 0.896. The van der Waals surface area contributed by atoms with Crippen molar-refractivity contribution in [1.82, 2.24) is 0 Å². The Morgan fingerprint density at radius 3 is 2.70 bits per heavy atom. The molecule has 0 aromatic heterocycles. The number of hydrogen-bond donors (Lipinski definition) is 0. The summed E-state index contributed by atoms with van der Waals surface area (Å²) >= 11 is 0. The summed E-state index contributed by atoms with van der Waals surface area (Å²) in [7, 11) is 0. The molecule has 1 aliphatic rings. The molecule has 1 atom stereocenters. The molecule has 0 bridgehead atoms. The van der Waals surface area contributed by atoms with Crippen molar-refractivity contribution in [3.63, 3.8) is 0 Å². The normalized spacial score (nSPS) is 27.5. The van der Waals surface area contributed by atoms with Crippen LogP contribution in [0.3, 0.4) is 0 Å². The molecule has 0 aromatic carbocycles. The maximum Gasteiger partial charge on any atom is 0.244 e. The molecular formula is C6H8F2O2. The van der Waals surface area contributed by atoms with Crippen molar-refractivity contribution >= 4 is 5.78 Å². The Bertz CT molecular complexity index is 136. The Morgan fingerprint density at radius 1 is 1.60 bits per heavy atom. The predicted molar refractivity (Wildman–Crippen MR) is 29.9 cm³/mol. The maximum absolute atomic E-state index is 11.9. The molecule has 1 saturated heterocycles. The highest BCUT2D eigenvalue weighted by Crippen LogP contribution is 2.18. The highest BCUT2D eigenvalue weighted by atomic mass is 19.3. The van der Waals surface area contributed by atoms with Gasteiger partial charge in [-0.3, -0.25) is 4.79 Å². The Kier molecular flexibility index (Phi) is 2.32. The third-order valence-electron chi connectivity index (χ3n) is 1.44. The molecule has 0 aliphatic carbocycles. The minimum absolute atomic E-state index is 0.00319. The minimum Gasteiger partial charge on any atom is -0.373 e. The number of alkyl halides is 2. The van der Waals surface area contributed by atoms with Gasteiger partial charge >= 0.3 is 0 Å². The van der Waals surface area contributed by atoms with Crippen LogP contribution in [0.25, 0.3) is 0 Å². The SMILES string of the molecule is O=C1COC[C@@H](C(F)F)C1. The lowest BCUT2D eigenvalue weighted by atomic mass is 10.0. The van der Waals surface area contributed by atoms with Crippen LogP contribution in [0.15, 0.2) is 0 Å². The van der Waals surface area contributed by atoms with E-state index in [1.54, 1.807) is 0 Å². The standard InChI is InChI=1S/C6H8F2O2/c7-6(8)4-1-5(9)3-10-2-4/h4,6H,1-3H2/t4-/m0/s1. The summed E-state index contributed by atoms with van der Waals surface area (Å²) in [6, 6.07) is 0. The first-order valence-electron chi connectivity index (χ1n) is 3.07. The number of ether oxygens (including phenoxy) is 1. The van der Waals surface area contributed by atoms with Gasteiger partial charge < -0.3 is 4.74 Å².